The smallest absolute Gasteiger partial charge is 0.407 e. The SMILES string of the molecule is C[C@@H](COCCN)NC(=O)OC(C)(C)C. The Labute approximate surface area is 91.3 Å². The maximum Gasteiger partial charge on any atom is 0.407 e. The molecule has 0 saturated heterocycles. The van der Waals surface area contributed by atoms with Gasteiger partial charge in [0.2, 0.25) is 0 Å². The minimum atomic E-state index is -0.470. The molecule has 0 saturated carbocycles. The number of hydrogen-bond acceptors (Lipinski definition) is 4. The fraction of sp³-hybridized carbons (Fsp3) is 0.900. The van der Waals surface area contributed by atoms with Crippen molar-refractivity contribution in [3.05, 3.63) is 0 Å². The molecule has 0 fully saturated rings. The first kappa shape index (κ1) is 14.2. The zero-order valence-corrected chi connectivity index (χ0v) is 10.0. The molecular formula is C10H22N2O3. The third kappa shape index (κ3) is 9.49. The summed E-state index contributed by atoms with van der Waals surface area (Å²) in [4.78, 5) is 11.3. The molecule has 0 bridgehead atoms. The van der Waals surface area contributed by atoms with Crippen molar-refractivity contribution in [1.29, 1.82) is 0 Å². The molecule has 0 aliphatic rings. The number of alkyl carbamates (subject to hydrolysis) is 1. The van der Waals surface area contributed by atoms with Crippen molar-refractivity contribution in [2.24, 2.45) is 5.73 Å². The Bertz CT molecular complexity index is 190. The minimum absolute atomic E-state index is 0.0774. The van der Waals surface area contributed by atoms with Crippen LogP contribution in [0, 0.1) is 0 Å². The molecule has 0 aromatic rings. The second-order valence-corrected chi connectivity index (χ2v) is 4.41. The Balaban J connectivity index is 3.67. The standard InChI is InChI=1S/C10H22N2O3/c1-8(7-14-6-5-11)12-9(13)15-10(2,3)4/h8H,5-7,11H2,1-4H3,(H,12,13)/t8-/m0/s1. The van der Waals surface area contributed by atoms with Crippen molar-refractivity contribution < 1.29 is 14.3 Å². The summed E-state index contributed by atoms with van der Waals surface area (Å²) in [5.74, 6) is 0. The average molecular weight is 218 g/mol. The predicted molar refractivity (Wildman–Crippen MR) is 58.7 cm³/mol. The molecule has 0 spiro atoms. The third-order valence-electron chi connectivity index (χ3n) is 1.39. The van der Waals surface area contributed by atoms with Gasteiger partial charge >= 0.3 is 6.09 Å². The molecule has 0 rings (SSSR count). The van der Waals surface area contributed by atoms with Crippen LogP contribution in [0.15, 0.2) is 0 Å². The van der Waals surface area contributed by atoms with Gasteiger partial charge in [-0.2, -0.15) is 0 Å². The molecule has 0 aliphatic carbocycles. The molecule has 0 unspecified atom stereocenters. The van der Waals surface area contributed by atoms with Crippen molar-refractivity contribution in [3.63, 3.8) is 0 Å². The molecule has 5 nitrogen and oxygen atoms in total. The molecule has 5 heteroatoms. The lowest BCUT2D eigenvalue weighted by Gasteiger charge is -2.21. The van der Waals surface area contributed by atoms with E-state index in [1.165, 1.54) is 0 Å². The number of nitrogens with two attached hydrogens (primary N) is 1. The Hall–Kier alpha value is -0.810. The second-order valence-electron chi connectivity index (χ2n) is 4.41. The highest BCUT2D eigenvalue weighted by Gasteiger charge is 2.17. The van der Waals surface area contributed by atoms with E-state index in [2.05, 4.69) is 5.32 Å². The maximum absolute atomic E-state index is 11.3. The molecule has 0 aromatic carbocycles. The second kappa shape index (κ2) is 6.63. The first-order valence-electron chi connectivity index (χ1n) is 5.12. The Morgan fingerprint density at radius 1 is 1.47 bits per heavy atom. The molecule has 0 aliphatic heterocycles. The summed E-state index contributed by atoms with van der Waals surface area (Å²) >= 11 is 0. The monoisotopic (exact) mass is 218 g/mol. The Morgan fingerprint density at radius 3 is 2.53 bits per heavy atom. The van der Waals surface area contributed by atoms with Gasteiger partial charge in [-0.3, -0.25) is 0 Å². The van der Waals surface area contributed by atoms with E-state index in [1.54, 1.807) is 0 Å². The summed E-state index contributed by atoms with van der Waals surface area (Å²) in [6.07, 6.45) is -0.425. The van der Waals surface area contributed by atoms with Crippen molar-refractivity contribution in [2.75, 3.05) is 19.8 Å². The summed E-state index contributed by atoms with van der Waals surface area (Å²) in [5, 5.41) is 2.67. The number of carbonyl (C=O) groups excluding carboxylic acids is 1. The molecule has 15 heavy (non-hydrogen) atoms. The van der Waals surface area contributed by atoms with Crippen LogP contribution in [0.5, 0.6) is 0 Å². The van der Waals surface area contributed by atoms with Crippen LogP contribution in [0.3, 0.4) is 0 Å². The molecule has 0 aromatic heterocycles. The largest absolute Gasteiger partial charge is 0.444 e. The fourth-order valence-electron chi connectivity index (χ4n) is 0.894. The van der Waals surface area contributed by atoms with Crippen LogP contribution in [0.1, 0.15) is 27.7 Å². The first-order chi connectivity index (χ1) is 6.85. The van der Waals surface area contributed by atoms with Crippen molar-refractivity contribution in [3.8, 4) is 0 Å². The molecule has 0 radical (unpaired) electrons. The maximum atomic E-state index is 11.3. The number of carbonyl (C=O) groups is 1. The highest BCUT2D eigenvalue weighted by Crippen LogP contribution is 2.06. The summed E-state index contributed by atoms with van der Waals surface area (Å²) in [6, 6.07) is -0.0774. The van der Waals surface area contributed by atoms with Crippen LogP contribution >= 0.6 is 0 Å². The van der Waals surface area contributed by atoms with Crippen LogP contribution in [0.25, 0.3) is 0 Å². The van der Waals surface area contributed by atoms with Gasteiger partial charge in [-0.25, -0.2) is 4.79 Å². The van der Waals surface area contributed by atoms with E-state index in [9.17, 15) is 4.79 Å². The zero-order valence-electron chi connectivity index (χ0n) is 10.0. The normalized spacial score (nSPS) is 13.4. The van der Waals surface area contributed by atoms with E-state index >= 15 is 0 Å². The number of ether oxygens (including phenoxy) is 2. The van der Waals surface area contributed by atoms with Gasteiger partial charge in [-0.15, -0.1) is 0 Å². The molecule has 3 N–H and O–H groups in total. The van der Waals surface area contributed by atoms with Crippen LogP contribution in [0.4, 0.5) is 4.79 Å². The number of hydrogen-bond donors (Lipinski definition) is 2. The van der Waals surface area contributed by atoms with E-state index in [4.69, 9.17) is 15.2 Å². The Kier molecular flexibility index (Phi) is 6.27. The summed E-state index contributed by atoms with van der Waals surface area (Å²) in [7, 11) is 0. The van der Waals surface area contributed by atoms with E-state index in [0.717, 1.165) is 0 Å². The van der Waals surface area contributed by atoms with Crippen LogP contribution < -0.4 is 11.1 Å². The van der Waals surface area contributed by atoms with Gasteiger partial charge in [-0.05, 0) is 27.7 Å². The van der Waals surface area contributed by atoms with E-state index in [1.807, 2.05) is 27.7 Å². The quantitative estimate of drug-likeness (QED) is 0.672. The average Bonchev–Trinajstić information content (AvgIpc) is 2.00. The summed E-state index contributed by atoms with van der Waals surface area (Å²) in [5.41, 5.74) is 4.79. The first-order valence-corrected chi connectivity index (χ1v) is 5.12. The molecule has 90 valence electrons. The van der Waals surface area contributed by atoms with Crippen LogP contribution in [-0.2, 0) is 9.47 Å². The van der Waals surface area contributed by atoms with Crippen molar-refractivity contribution in [1.82, 2.24) is 5.32 Å². The topological polar surface area (TPSA) is 73.6 Å². The number of nitrogens with one attached hydrogen (secondary N) is 1. The van der Waals surface area contributed by atoms with Gasteiger partial charge in [0, 0.05) is 6.54 Å². The molecular weight excluding hydrogens is 196 g/mol. The lowest BCUT2D eigenvalue weighted by molar-refractivity contribution is 0.0458. The zero-order chi connectivity index (χ0) is 11.9. The lowest BCUT2D eigenvalue weighted by atomic mass is 10.2. The molecule has 0 heterocycles. The van der Waals surface area contributed by atoms with Crippen LogP contribution in [-0.4, -0.2) is 37.5 Å². The van der Waals surface area contributed by atoms with Gasteiger partial charge in [0.15, 0.2) is 0 Å². The van der Waals surface area contributed by atoms with Gasteiger partial charge in [0.1, 0.15) is 5.60 Å². The Morgan fingerprint density at radius 2 is 2.07 bits per heavy atom. The van der Waals surface area contributed by atoms with Gasteiger partial charge < -0.3 is 20.5 Å². The minimum Gasteiger partial charge on any atom is -0.444 e. The van der Waals surface area contributed by atoms with Gasteiger partial charge in [0.05, 0.1) is 19.3 Å². The van der Waals surface area contributed by atoms with E-state index < -0.39 is 11.7 Å². The lowest BCUT2D eigenvalue weighted by Crippen LogP contribution is -2.40. The summed E-state index contributed by atoms with van der Waals surface area (Å²) in [6.45, 7) is 8.74. The fourth-order valence-corrected chi connectivity index (χ4v) is 0.894. The van der Waals surface area contributed by atoms with Crippen LogP contribution in [0.2, 0.25) is 0 Å². The third-order valence-corrected chi connectivity index (χ3v) is 1.39. The van der Waals surface area contributed by atoms with Crippen molar-refractivity contribution in [2.45, 2.75) is 39.3 Å². The van der Waals surface area contributed by atoms with Gasteiger partial charge in [-0.1, -0.05) is 0 Å². The van der Waals surface area contributed by atoms with Gasteiger partial charge in [0.25, 0.3) is 0 Å². The van der Waals surface area contributed by atoms with E-state index in [-0.39, 0.29) is 6.04 Å². The molecule has 1 amide bonds. The van der Waals surface area contributed by atoms with Crippen molar-refractivity contribution >= 4 is 6.09 Å². The predicted octanol–water partition coefficient (Wildman–Crippen LogP) is 0.875. The highest BCUT2D eigenvalue weighted by atomic mass is 16.6. The summed E-state index contributed by atoms with van der Waals surface area (Å²) < 4.78 is 10.3. The number of rotatable bonds is 5. The van der Waals surface area contributed by atoms with E-state index in [0.29, 0.717) is 19.8 Å². The highest BCUT2D eigenvalue weighted by molar-refractivity contribution is 5.68. The molecule has 1 atom stereocenters. The number of amides is 1.